The van der Waals surface area contributed by atoms with Crippen LogP contribution in [0, 0.1) is 0 Å². The Bertz CT molecular complexity index is 339. The van der Waals surface area contributed by atoms with E-state index in [1.54, 1.807) is 6.92 Å². The molecule has 36 heavy (non-hydrogen) atoms. The molecule has 0 rings (SSSR count). The van der Waals surface area contributed by atoms with Gasteiger partial charge in [0.25, 0.3) is 0 Å². The zero-order valence-corrected chi connectivity index (χ0v) is 26.4. The van der Waals surface area contributed by atoms with E-state index in [4.69, 9.17) is 5.11 Å². The van der Waals surface area contributed by atoms with E-state index in [9.17, 15) is 0 Å². The molecule has 0 unspecified atom stereocenters. The zero-order valence-electron chi connectivity index (χ0n) is 26.4. The number of rotatable bonds is 28. The van der Waals surface area contributed by atoms with Gasteiger partial charge in [-0.15, -0.1) is 6.61 Å². The van der Waals surface area contributed by atoms with E-state index >= 15 is 0 Å². The summed E-state index contributed by atoms with van der Waals surface area (Å²) in [5, 5.41) is 8.93. The quantitative estimate of drug-likeness (QED) is 0.0756. The van der Waals surface area contributed by atoms with Gasteiger partial charge in [0.2, 0.25) is 0 Å². The summed E-state index contributed by atoms with van der Waals surface area (Å²) >= 11 is 0. The molecule has 0 amide bonds. The van der Waals surface area contributed by atoms with E-state index in [-0.39, 0.29) is 6.61 Å². The molecular formula is C34H73NO. The number of unbranched alkanes of at least 4 members (excludes halogenated alkanes) is 20. The van der Waals surface area contributed by atoms with Crippen molar-refractivity contribution in [3.05, 3.63) is 0 Å². The van der Waals surface area contributed by atoms with E-state index in [1.165, 1.54) is 185 Å². The molecule has 0 heterocycles. The van der Waals surface area contributed by atoms with Gasteiger partial charge in [0.1, 0.15) is 0 Å². The predicted molar refractivity (Wildman–Crippen MR) is 164 cm³/mol. The Morgan fingerprint density at radius 2 is 0.472 bits per heavy atom. The molecule has 0 saturated carbocycles. The number of hydrogen-bond acceptors (Lipinski definition) is 1. The van der Waals surface area contributed by atoms with Crippen molar-refractivity contribution in [3.63, 3.8) is 0 Å². The van der Waals surface area contributed by atoms with Crippen molar-refractivity contribution in [2.24, 2.45) is 0 Å². The molecule has 220 valence electrons. The maximum absolute atomic E-state index is 8.93. The van der Waals surface area contributed by atoms with E-state index in [0.29, 0.717) is 0 Å². The van der Waals surface area contributed by atoms with Gasteiger partial charge in [0.15, 0.2) is 0 Å². The van der Waals surface area contributed by atoms with Gasteiger partial charge in [0, 0.05) is 0 Å². The van der Waals surface area contributed by atoms with Crippen LogP contribution in [-0.4, -0.2) is 37.3 Å². The summed E-state index contributed by atoms with van der Waals surface area (Å²) in [6.45, 7) is 16.8. The lowest BCUT2D eigenvalue weighted by Crippen LogP contribution is -2.50. The highest BCUT2D eigenvalue weighted by Crippen LogP contribution is 2.20. The SMILES string of the molecule is CCCCCCCCCCCCCC[N+](CCCCCC)(CCCCCC)CCCCCC.CC[O-]. The fourth-order valence-corrected chi connectivity index (χ4v) is 5.58. The van der Waals surface area contributed by atoms with Crippen LogP contribution in [0.1, 0.15) is 189 Å². The molecule has 0 aromatic carbocycles. The summed E-state index contributed by atoms with van der Waals surface area (Å²) in [7, 11) is 0. The monoisotopic (exact) mass is 512 g/mol. The summed E-state index contributed by atoms with van der Waals surface area (Å²) in [5.41, 5.74) is 0. The summed E-state index contributed by atoms with van der Waals surface area (Å²) < 4.78 is 1.47. The zero-order chi connectivity index (χ0) is 27.0. The van der Waals surface area contributed by atoms with Gasteiger partial charge in [-0.2, -0.15) is 0 Å². The molecule has 0 aromatic rings. The number of quaternary nitrogens is 1. The van der Waals surface area contributed by atoms with Crippen molar-refractivity contribution < 1.29 is 9.59 Å². The molecule has 0 fully saturated rings. The van der Waals surface area contributed by atoms with Crippen LogP contribution in [0.15, 0.2) is 0 Å². The van der Waals surface area contributed by atoms with Gasteiger partial charge in [0.05, 0.1) is 26.2 Å². The van der Waals surface area contributed by atoms with Gasteiger partial charge in [-0.25, -0.2) is 0 Å². The number of nitrogens with zero attached hydrogens (tertiary/aromatic N) is 1. The standard InChI is InChI=1S/C32H68N.C2H5O/c1-5-9-13-17-18-19-20-21-22-23-24-28-32-33(29-25-14-10-6-2,30-26-15-11-7-3)31-27-16-12-8-4;1-2-3/h5-32H2,1-4H3;2H2,1H3/q+1;-1. The normalized spacial score (nSPS) is 11.5. The van der Waals surface area contributed by atoms with Crippen LogP contribution in [-0.2, 0) is 0 Å². The van der Waals surface area contributed by atoms with Crippen molar-refractivity contribution in [2.45, 2.75) is 189 Å². The smallest absolute Gasteiger partial charge is 0.0786 e. The maximum Gasteiger partial charge on any atom is 0.0786 e. The first-order valence-corrected chi connectivity index (χ1v) is 17.1. The van der Waals surface area contributed by atoms with Gasteiger partial charge in [-0.3, -0.25) is 0 Å². The van der Waals surface area contributed by atoms with Crippen molar-refractivity contribution in [1.82, 2.24) is 0 Å². The third kappa shape index (κ3) is 28.5. The maximum atomic E-state index is 8.93. The average Bonchev–Trinajstić information content (AvgIpc) is 2.88. The molecule has 0 aliphatic heterocycles. The first-order chi connectivity index (χ1) is 17.7. The summed E-state index contributed by atoms with van der Waals surface area (Å²) in [6, 6.07) is 0. The minimum atomic E-state index is 0. The lowest BCUT2D eigenvalue weighted by Gasteiger charge is -2.39. The van der Waals surface area contributed by atoms with Gasteiger partial charge in [-0.1, -0.05) is 137 Å². The van der Waals surface area contributed by atoms with Crippen LogP contribution >= 0.6 is 0 Å². The molecular weight excluding hydrogens is 438 g/mol. The second kappa shape index (κ2) is 32.9. The third-order valence-corrected chi connectivity index (χ3v) is 7.94. The highest BCUT2D eigenvalue weighted by molar-refractivity contribution is 4.54. The lowest BCUT2D eigenvalue weighted by molar-refractivity contribution is -0.929. The van der Waals surface area contributed by atoms with Crippen molar-refractivity contribution in [2.75, 3.05) is 32.8 Å². The van der Waals surface area contributed by atoms with E-state index in [2.05, 4.69) is 27.7 Å². The summed E-state index contributed by atoms with van der Waals surface area (Å²) in [5.74, 6) is 0. The van der Waals surface area contributed by atoms with Crippen LogP contribution in [0.25, 0.3) is 0 Å². The lowest BCUT2D eigenvalue weighted by atomic mass is 10.0. The Morgan fingerprint density at radius 3 is 0.694 bits per heavy atom. The molecule has 2 heteroatoms. The molecule has 0 aromatic heterocycles. The molecule has 0 N–H and O–H groups in total. The fraction of sp³-hybridized carbons (Fsp3) is 1.00. The highest BCUT2D eigenvalue weighted by atomic mass is 16.2. The van der Waals surface area contributed by atoms with E-state index < -0.39 is 0 Å². The van der Waals surface area contributed by atoms with E-state index in [0.717, 1.165) is 0 Å². The molecule has 0 aliphatic rings. The van der Waals surface area contributed by atoms with E-state index in [1.807, 2.05) is 0 Å². The van der Waals surface area contributed by atoms with Crippen molar-refractivity contribution in [1.29, 1.82) is 0 Å². The molecule has 0 radical (unpaired) electrons. The molecule has 0 saturated heterocycles. The molecule has 0 bridgehead atoms. The molecule has 2 nitrogen and oxygen atoms in total. The molecule has 0 atom stereocenters. The van der Waals surface area contributed by atoms with Crippen LogP contribution in [0.5, 0.6) is 0 Å². The highest BCUT2D eigenvalue weighted by Gasteiger charge is 2.25. The topological polar surface area (TPSA) is 23.1 Å². The third-order valence-electron chi connectivity index (χ3n) is 7.94. The Morgan fingerprint density at radius 1 is 0.306 bits per heavy atom. The second-order valence-corrected chi connectivity index (χ2v) is 11.6. The van der Waals surface area contributed by atoms with Gasteiger partial charge >= 0.3 is 0 Å². The Kier molecular flexibility index (Phi) is 34.8. The van der Waals surface area contributed by atoms with Crippen LogP contribution in [0.4, 0.5) is 0 Å². The molecule has 0 spiro atoms. The minimum absolute atomic E-state index is 0. The first kappa shape index (κ1) is 38.1. The summed E-state index contributed by atoms with van der Waals surface area (Å²) in [4.78, 5) is 0. The van der Waals surface area contributed by atoms with Crippen LogP contribution < -0.4 is 5.11 Å². The predicted octanol–water partition coefficient (Wildman–Crippen LogP) is 10.6. The van der Waals surface area contributed by atoms with Crippen LogP contribution in [0.3, 0.4) is 0 Å². The second-order valence-electron chi connectivity index (χ2n) is 11.6. The largest absolute Gasteiger partial charge is 0.855 e. The van der Waals surface area contributed by atoms with Gasteiger partial charge in [-0.05, 0) is 51.4 Å². The van der Waals surface area contributed by atoms with Crippen molar-refractivity contribution in [3.8, 4) is 0 Å². The minimum Gasteiger partial charge on any atom is -0.855 e. The summed E-state index contributed by atoms with van der Waals surface area (Å²) in [6.07, 6.45) is 34.8. The molecule has 0 aliphatic carbocycles. The first-order valence-electron chi connectivity index (χ1n) is 17.1. The number of hydrogen-bond donors (Lipinski definition) is 0. The fourth-order valence-electron chi connectivity index (χ4n) is 5.58. The van der Waals surface area contributed by atoms with Gasteiger partial charge < -0.3 is 9.59 Å². The Balaban J connectivity index is 0. The average molecular weight is 512 g/mol. The van der Waals surface area contributed by atoms with Crippen molar-refractivity contribution >= 4 is 0 Å². The Hall–Kier alpha value is -0.0800. The Labute approximate surface area is 231 Å². The van der Waals surface area contributed by atoms with Crippen LogP contribution in [0.2, 0.25) is 0 Å².